The van der Waals surface area contributed by atoms with Crippen molar-refractivity contribution >= 4 is 11.8 Å². The first kappa shape index (κ1) is 16.9. The molecule has 0 nitrogen and oxygen atoms in total. The van der Waals surface area contributed by atoms with Crippen molar-refractivity contribution in [3.05, 3.63) is 59.2 Å². The molecule has 0 atom stereocenters. The molecule has 0 unspecified atom stereocenters. The highest BCUT2D eigenvalue weighted by atomic mass is 32.2. The van der Waals surface area contributed by atoms with Gasteiger partial charge >= 0.3 is 6.18 Å². The van der Waals surface area contributed by atoms with E-state index in [1.807, 2.05) is 6.07 Å². The minimum atomic E-state index is -4.28. The van der Waals surface area contributed by atoms with Crippen molar-refractivity contribution in [1.29, 1.82) is 0 Å². The van der Waals surface area contributed by atoms with Crippen molar-refractivity contribution in [3.8, 4) is 0 Å². The Bertz CT molecular complexity index is 628. The number of rotatable bonds is 4. The molecule has 2 aromatic rings. The Kier molecular flexibility index (Phi) is 5.22. The van der Waals surface area contributed by atoms with Crippen molar-refractivity contribution in [2.24, 2.45) is 5.92 Å². The van der Waals surface area contributed by atoms with Crippen LogP contribution in [0.2, 0.25) is 0 Å². The van der Waals surface area contributed by atoms with Crippen LogP contribution in [0.15, 0.2) is 52.3 Å². The molecule has 0 amide bonds. The summed E-state index contributed by atoms with van der Waals surface area (Å²) in [7, 11) is 0. The van der Waals surface area contributed by atoms with Crippen LogP contribution in [0.3, 0.4) is 0 Å². The summed E-state index contributed by atoms with van der Waals surface area (Å²) in [5.74, 6) is 0.604. The lowest BCUT2D eigenvalue weighted by Gasteiger charge is -2.11. The molecule has 0 N–H and O–H groups in total. The Labute approximate surface area is 133 Å². The molecule has 2 rings (SSSR count). The molecule has 2 aromatic carbocycles. The van der Waals surface area contributed by atoms with Gasteiger partial charge in [-0.1, -0.05) is 31.7 Å². The predicted octanol–water partition coefficient (Wildman–Crippen LogP) is 6.36. The van der Waals surface area contributed by atoms with Crippen LogP contribution in [-0.4, -0.2) is 0 Å². The van der Waals surface area contributed by atoms with Gasteiger partial charge in [0.25, 0.3) is 0 Å². The van der Waals surface area contributed by atoms with E-state index in [1.54, 1.807) is 0 Å². The number of halogens is 3. The van der Waals surface area contributed by atoms with Crippen LogP contribution < -0.4 is 0 Å². The normalized spacial score (nSPS) is 12.0. The highest BCUT2D eigenvalue weighted by Gasteiger charge is 2.29. The molecule has 0 saturated heterocycles. The molecule has 22 heavy (non-hydrogen) atoms. The molecule has 0 aromatic heterocycles. The summed E-state index contributed by atoms with van der Waals surface area (Å²) < 4.78 is 37.6. The summed E-state index contributed by atoms with van der Waals surface area (Å²) in [5.41, 5.74) is 1.94. The van der Waals surface area contributed by atoms with Crippen LogP contribution in [0.1, 0.15) is 30.5 Å². The predicted molar refractivity (Wildman–Crippen MR) is 85.3 cm³/mol. The maximum atomic E-state index is 12.5. The van der Waals surface area contributed by atoms with Crippen molar-refractivity contribution in [2.75, 3.05) is 0 Å². The van der Waals surface area contributed by atoms with Crippen LogP contribution in [0.5, 0.6) is 0 Å². The highest BCUT2D eigenvalue weighted by molar-refractivity contribution is 7.99. The maximum Gasteiger partial charge on any atom is 0.416 e. The smallest absolute Gasteiger partial charge is 0.166 e. The average molecular weight is 324 g/mol. The third-order valence-electron chi connectivity index (χ3n) is 3.36. The molecule has 118 valence electrons. The molecule has 0 heterocycles. The van der Waals surface area contributed by atoms with E-state index in [0.29, 0.717) is 5.92 Å². The fourth-order valence-electron chi connectivity index (χ4n) is 2.25. The average Bonchev–Trinajstić information content (AvgIpc) is 2.41. The largest absolute Gasteiger partial charge is 0.416 e. The SMILES string of the molecule is Cc1cc(Sc2ccc(C(F)(F)F)cc2)ccc1CC(C)C. The molecular weight excluding hydrogens is 305 g/mol. The zero-order chi connectivity index (χ0) is 16.3. The van der Waals surface area contributed by atoms with Crippen LogP contribution in [0.25, 0.3) is 0 Å². The van der Waals surface area contributed by atoms with Crippen molar-refractivity contribution in [1.82, 2.24) is 0 Å². The first-order valence-corrected chi connectivity index (χ1v) is 8.02. The summed E-state index contributed by atoms with van der Waals surface area (Å²) in [6.45, 7) is 6.45. The van der Waals surface area contributed by atoms with Gasteiger partial charge in [0, 0.05) is 9.79 Å². The van der Waals surface area contributed by atoms with Gasteiger partial charge in [-0.05, 0) is 66.8 Å². The number of aryl methyl sites for hydroxylation is 1. The van der Waals surface area contributed by atoms with Gasteiger partial charge < -0.3 is 0 Å². The monoisotopic (exact) mass is 324 g/mol. The highest BCUT2D eigenvalue weighted by Crippen LogP contribution is 2.33. The van der Waals surface area contributed by atoms with E-state index in [2.05, 4.69) is 32.9 Å². The van der Waals surface area contributed by atoms with Crippen LogP contribution in [0, 0.1) is 12.8 Å². The van der Waals surface area contributed by atoms with Gasteiger partial charge in [0.2, 0.25) is 0 Å². The second-order valence-corrected chi connectivity index (χ2v) is 6.96. The van der Waals surface area contributed by atoms with E-state index in [0.717, 1.165) is 28.3 Å². The molecule has 0 bridgehead atoms. The summed E-state index contributed by atoms with van der Waals surface area (Å²) in [6.07, 6.45) is -3.24. The van der Waals surface area contributed by atoms with Crippen LogP contribution in [0.4, 0.5) is 13.2 Å². The summed E-state index contributed by atoms with van der Waals surface area (Å²) in [4.78, 5) is 1.86. The van der Waals surface area contributed by atoms with Gasteiger partial charge in [-0.3, -0.25) is 0 Å². The van der Waals surface area contributed by atoms with E-state index in [9.17, 15) is 13.2 Å². The standard InChI is InChI=1S/C18H19F3S/c1-12(2)10-14-4-7-17(11-13(14)3)22-16-8-5-15(6-9-16)18(19,20)21/h4-9,11-12H,10H2,1-3H3. The molecule has 0 saturated carbocycles. The number of hydrogen-bond acceptors (Lipinski definition) is 1. The number of hydrogen-bond donors (Lipinski definition) is 0. The maximum absolute atomic E-state index is 12.5. The van der Waals surface area contributed by atoms with Crippen molar-refractivity contribution in [2.45, 2.75) is 43.2 Å². The molecule has 0 spiro atoms. The van der Waals surface area contributed by atoms with E-state index < -0.39 is 11.7 Å². The Morgan fingerprint density at radius 1 is 0.955 bits per heavy atom. The van der Waals surface area contributed by atoms with Gasteiger partial charge in [-0.25, -0.2) is 0 Å². The quantitative estimate of drug-likeness (QED) is 0.630. The Morgan fingerprint density at radius 3 is 2.05 bits per heavy atom. The fourth-order valence-corrected chi connectivity index (χ4v) is 3.16. The molecule has 0 fully saturated rings. The minimum absolute atomic E-state index is 0.604. The third-order valence-corrected chi connectivity index (χ3v) is 4.36. The van der Waals surface area contributed by atoms with Gasteiger partial charge in [0.05, 0.1) is 5.56 Å². The van der Waals surface area contributed by atoms with E-state index in [1.165, 1.54) is 35.0 Å². The van der Waals surface area contributed by atoms with E-state index >= 15 is 0 Å². The Hall–Kier alpha value is -1.42. The lowest BCUT2D eigenvalue weighted by atomic mass is 9.99. The molecule has 4 heteroatoms. The van der Waals surface area contributed by atoms with Gasteiger partial charge in [0.1, 0.15) is 0 Å². The van der Waals surface area contributed by atoms with E-state index in [4.69, 9.17) is 0 Å². The van der Waals surface area contributed by atoms with Crippen molar-refractivity contribution < 1.29 is 13.2 Å². The minimum Gasteiger partial charge on any atom is -0.166 e. The molecule has 0 radical (unpaired) electrons. The van der Waals surface area contributed by atoms with Gasteiger partial charge in [-0.15, -0.1) is 0 Å². The molecule has 0 aliphatic heterocycles. The second kappa shape index (κ2) is 6.78. The molecular formula is C18H19F3S. The fraction of sp³-hybridized carbons (Fsp3) is 0.333. The summed E-state index contributed by atoms with van der Waals surface area (Å²) in [5, 5.41) is 0. The first-order valence-electron chi connectivity index (χ1n) is 7.20. The van der Waals surface area contributed by atoms with Crippen LogP contribution >= 0.6 is 11.8 Å². The number of benzene rings is 2. The topological polar surface area (TPSA) is 0 Å². The van der Waals surface area contributed by atoms with Crippen molar-refractivity contribution in [3.63, 3.8) is 0 Å². The van der Waals surface area contributed by atoms with Gasteiger partial charge in [0.15, 0.2) is 0 Å². The van der Waals surface area contributed by atoms with Crippen LogP contribution in [-0.2, 0) is 12.6 Å². The summed E-state index contributed by atoms with van der Waals surface area (Å²) in [6, 6.07) is 11.5. The molecule has 0 aliphatic carbocycles. The third kappa shape index (κ3) is 4.54. The Balaban J connectivity index is 2.12. The first-order chi connectivity index (χ1) is 10.3. The van der Waals surface area contributed by atoms with Gasteiger partial charge in [-0.2, -0.15) is 13.2 Å². The zero-order valence-electron chi connectivity index (χ0n) is 12.9. The van der Waals surface area contributed by atoms with E-state index in [-0.39, 0.29) is 0 Å². The molecule has 0 aliphatic rings. The zero-order valence-corrected chi connectivity index (χ0v) is 13.7. The second-order valence-electron chi connectivity index (χ2n) is 5.81. The lowest BCUT2D eigenvalue weighted by molar-refractivity contribution is -0.137. The summed E-state index contributed by atoms with van der Waals surface area (Å²) >= 11 is 1.48. The Morgan fingerprint density at radius 2 is 1.55 bits per heavy atom. The number of alkyl halides is 3. The lowest BCUT2D eigenvalue weighted by Crippen LogP contribution is -2.03.